The van der Waals surface area contributed by atoms with E-state index in [1.54, 1.807) is 19.2 Å². The molecule has 0 spiro atoms. The van der Waals surface area contributed by atoms with Crippen LogP contribution in [-0.4, -0.2) is 65.2 Å². The first-order chi connectivity index (χ1) is 13.6. The van der Waals surface area contributed by atoms with Gasteiger partial charge in [-0.05, 0) is 25.1 Å². The Bertz CT molecular complexity index is 801. The first kappa shape index (κ1) is 20.2. The molecule has 152 valence electrons. The van der Waals surface area contributed by atoms with Crippen molar-refractivity contribution < 1.29 is 9.84 Å². The first-order valence-corrected chi connectivity index (χ1v) is 10.4. The number of piperazine rings is 1. The van der Waals surface area contributed by atoms with Crippen molar-refractivity contribution >= 4 is 22.6 Å². The van der Waals surface area contributed by atoms with Gasteiger partial charge in [0.05, 0.1) is 13.7 Å². The number of aromatic hydroxyl groups is 1. The Hall–Kier alpha value is -2.55. The number of aliphatic imine (C=N–C) groups is 1. The molecule has 1 aliphatic rings. The lowest BCUT2D eigenvalue weighted by Crippen LogP contribution is -2.52. The predicted octanol–water partition coefficient (Wildman–Crippen LogP) is 2.10. The molecular weight excluding hydrogens is 376 g/mol. The highest BCUT2D eigenvalue weighted by atomic mass is 32.1. The number of hydrogen-bond donors (Lipinski definition) is 2. The normalized spacial score (nSPS) is 15.0. The van der Waals surface area contributed by atoms with Crippen molar-refractivity contribution in [3.8, 4) is 11.5 Å². The molecule has 0 atom stereocenters. The largest absolute Gasteiger partial charge is 0.508 e. The van der Waals surface area contributed by atoms with Crippen LogP contribution in [-0.2, 0) is 13.0 Å². The summed E-state index contributed by atoms with van der Waals surface area (Å²) in [5.74, 6) is 2.71. The number of nitrogens with one attached hydrogen (secondary N) is 1. The van der Waals surface area contributed by atoms with E-state index in [1.165, 1.54) is 11.5 Å². The Morgan fingerprint density at radius 2 is 2.07 bits per heavy atom. The lowest BCUT2D eigenvalue weighted by Gasteiger charge is -2.36. The smallest absolute Gasteiger partial charge is 0.205 e. The Labute approximate surface area is 170 Å². The van der Waals surface area contributed by atoms with Crippen molar-refractivity contribution in [2.24, 2.45) is 4.99 Å². The van der Waals surface area contributed by atoms with Crippen LogP contribution in [0.15, 0.2) is 23.2 Å². The zero-order chi connectivity index (χ0) is 19.9. The van der Waals surface area contributed by atoms with E-state index in [0.717, 1.165) is 61.6 Å². The summed E-state index contributed by atoms with van der Waals surface area (Å²) in [5, 5.41) is 14.4. The van der Waals surface area contributed by atoms with Gasteiger partial charge in [0.15, 0.2) is 5.96 Å². The maximum Gasteiger partial charge on any atom is 0.205 e. The number of rotatable bonds is 6. The van der Waals surface area contributed by atoms with Crippen LogP contribution >= 0.6 is 11.5 Å². The third kappa shape index (κ3) is 4.83. The van der Waals surface area contributed by atoms with Gasteiger partial charge in [0.2, 0.25) is 5.13 Å². The minimum absolute atomic E-state index is 0.230. The number of hydrogen-bond acceptors (Lipinski definition) is 7. The first-order valence-electron chi connectivity index (χ1n) is 9.61. The summed E-state index contributed by atoms with van der Waals surface area (Å²) in [6.45, 7) is 8.79. The van der Waals surface area contributed by atoms with Gasteiger partial charge in [0.1, 0.15) is 17.3 Å². The zero-order valence-electron chi connectivity index (χ0n) is 16.7. The van der Waals surface area contributed by atoms with Crippen LogP contribution in [0.2, 0.25) is 0 Å². The number of aryl methyl sites for hydroxylation is 1. The van der Waals surface area contributed by atoms with Crippen LogP contribution < -0.4 is 15.0 Å². The fourth-order valence-corrected chi connectivity index (χ4v) is 3.83. The number of nitrogens with zero attached hydrogens (tertiary/aromatic N) is 5. The molecule has 0 amide bonds. The molecule has 1 saturated heterocycles. The van der Waals surface area contributed by atoms with Crippen LogP contribution in [0.5, 0.6) is 11.5 Å². The standard InChI is InChI=1S/C19H28N6O2S/c1-4-17-22-19(28-23-17)25-10-8-24(9-11-25)18(20-5-2)21-13-14-12-15(27-3)6-7-16(14)26/h6-7,12,26H,4-5,8-11,13H2,1-3H3,(H,20,21). The molecule has 0 saturated carbocycles. The zero-order valence-corrected chi connectivity index (χ0v) is 17.5. The van der Waals surface area contributed by atoms with Crippen molar-refractivity contribution in [3.05, 3.63) is 29.6 Å². The van der Waals surface area contributed by atoms with E-state index >= 15 is 0 Å². The molecule has 2 aromatic rings. The quantitative estimate of drug-likeness (QED) is 0.563. The lowest BCUT2D eigenvalue weighted by atomic mass is 10.2. The van der Waals surface area contributed by atoms with E-state index in [-0.39, 0.29) is 5.75 Å². The van der Waals surface area contributed by atoms with E-state index in [1.807, 2.05) is 6.07 Å². The number of guanidine groups is 1. The number of anilines is 1. The fourth-order valence-electron chi connectivity index (χ4n) is 3.03. The van der Waals surface area contributed by atoms with Gasteiger partial charge >= 0.3 is 0 Å². The highest BCUT2D eigenvalue weighted by molar-refractivity contribution is 7.09. The number of phenols is 1. The second-order valence-corrected chi connectivity index (χ2v) is 7.22. The lowest BCUT2D eigenvalue weighted by molar-refractivity contribution is 0.372. The van der Waals surface area contributed by atoms with E-state index in [0.29, 0.717) is 12.3 Å². The molecule has 3 rings (SSSR count). The summed E-state index contributed by atoms with van der Waals surface area (Å²) in [5.41, 5.74) is 0.745. The van der Waals surface area contributed by atoms with E-state index in [9.17, 15) is 5.11 Å². The van der Waals surface area contributed by atoms with Gasteiger partial charge in [0.25, 0.3) is 0 Å². The van der Waals surface area contributed by atoms with Crippen molar-refractivity contribution in [1.82, 2.24) is 19.6 Å². The average molecular weight is 405 g/mol. The highest BCUT2D eigenvalue weighted by Gasteiger charge is 2.22. The molecule has 1 aromatic carbocycles. The molecular formula is C19H28N6O2S. The molecule has 1 fully saturated rings. The van der Waals surface area contributed by atoms with Crippen LogP contribution in [0.4, 0.5) is 5.13 Å². The van der Waals surface area contributed by atoms with Gasteiger partial charge in [-0.3, -0.25) is 0 Å². The number of benzene rings is 1. The Kier molecular flexibility index (Phi) is 6.91. The topological polar surface area (TPSA) is 86.1 Å². The summed E-state index contributed by atoms with van der Waals surface area (Å²) in [6.07, 6.45) is 0.866. The monoisotopic (exact) mass is 404 g/mol. The second-order valence-electron chi connectivity index (χ2n) is 6.49. The van der Waals surface area contributed by atoms with Crippen molar-refractivity contribution in [2.45, 2.75) is 26.8 Å². The molecule has 28 heavy (non-hydrogen) atoms. The van der Waals surface area contributed by atoms with Crippen LogP contribution in [0.3, 0.4) is 0 Å². The number of ether oxygens (including phenoxy) is 1. The Morgan fingerprint density at radius 3 is 2.71 bits per heavy atom. The van der Waals surface area contributed by atoms with Crippen LogP contribution in [0.25, 0.3) is 0 Å². The fraction of sp³-hybridized carbons (Fsp3) is 0.526. The van der Waals surface area contributed by atoms with E-state index in [4.69, 9.17) is 9.73 Å². The maximum absolute atomic E-state index is 10.1. The number of aromatic nitrogens is 2. The number of methoxy groups -OCH3 is 1. The van der Waals surface area contributed by atoms with E-state index in [2.05, 4.69) is 38.3 Å². The molecule has 1 aromatic heterocycles. The third-order valence-electron chi connectivity index (χ3n) is 4.64. The van der Waals surface area contributed by atoms with Gasteiger partial charge in [-0.1, -0.05) is 6.92 Å². The highest BCUT2D eigenvalue weighted by Crippen LogP contribution is 2.24. The van der Waals surface area contributed by atoms with Gasteiger partial charge in [-0.2, -0.15) is 4.37 Å². The summed E-state index contributed by atoms with van der Waals surface area (Å²) in [6, 6.07) is 5.20. The molecule has 9 heteroatoms. The van der Waals surface area contributed by atoms with Gasteiger partial charge < -0.3 is 25.0 Å². The maximum atomic E-state index is 10.1. The van der Waals surface area contributed by atoms with Crippen LogP contribution in [0.1, 0.15) is 25.2 Å². The Morgan fingerprint density at radius 1 is 1.29 bits per heavy atom. The van der Waals surface area contributed by atoms with Gasteiger partial charge in [-0.15, -0.1) is 0 Å². The summed E-state index contributed by atoms with van der Waals surface area (Å²) in [7, 11) is 1.62. The summed E-state index contributed by atoms with van der Waals surface area (Å²) >= 11 is 1.47. The van der Waals surface area contributed by atoms with E-state index < -0.39 is 0 Å². The SMILES string of the molecule is CCNC(=NCc1cc(OC)ccc1O)N1CCN(c2nc(CC)ns2)CC1. The minimum Gasteiger partial charge on any atom is -0.508 e. The van der Waals surface area contributed by atoms with Gasteiger partial charge in [0, 0.05) is 56.2 Å². The predicted molar refractivity (Wildman–Crippen MR) is 113 cm³/mol. The van der Waals surface area contributed by atoms with Crippen molar-refractivity contribution in [3.63, 3.8) is 0 Å². The molecule has 0 unspecified atom stereocenters. The second kappa shape index (κ2) is 9.59. The molecule has 1 aliphatic heterocycles. The third-order valence-corrected chi connectivity index (χ3v) is 5.46. The molecule has 8 nitrogen and oxygen atoms in total. The average Bonchev–Trinajstić information content (AvgIpc) is 3.21. The van der Waals surface area contributed by atoms with Crippen molar-refractivity contribution in [1.29, 1.82) is 0 Å². The summed E-state index contributed by atoms with van der Waals surface area (Å²) in [4.78, 5) is 13.9. The molecule has 0 bridgehead atoms. The minimum atomic E-state index is 0.230. The van der Waals surface area contributed by atoms with Gasteiger partial charge in [-0.25, -0.2) is 9.98 Å². The molecule has 2 N–H and O–H groups in total. The summed E-state index contributed by atoms with van der Waals surface area (Å²) < 4.78 is 9.63. The Balaban J connectivity index is 1.65. The van der Waals surface area contributed by atoms with Crippen molar-refractivity contribution in [2.75, 3.05) is 44.7 Å². The molecule has 0 aliphatic carbocycles. The number of phenolic OH excluding ortho intramolecular Hbond substituents is 1. The molecule has 0 radical (unpaired) electrons. The van der Waals surface area contributed by atoms with Crippen LogP contribution in [0, 0.1) is 0 Å². The molecule has 2 heterocycles.